The zero-order valence-corrected chi connectivity index (χ0v) is 6.14. The van der Waals surface area contributed by atoms with Crippen molar-refractivity contribution in [3.63, 3.8) is 0 Å². The molecule has 0 aromatic heterocycles. The summed E-state index contributed by atoms with van der Waals surface area (Å²) in [7, 11) is 0. The largest absolute Gasteiger partial charge is 0.381 e. The molecule has 1 fully saturated rings. The molecule has 0 amide bonds. The van der Waals surface area contributed by atoms with Crippen LogP contribution in [0.15, 0.2) is 0 Å². The Morgan fingerprint density at radius 3 is 3.10 bits per heavy atom. The van der Waals surface area contributed by atoms with Crippen LogP contribution >= 0.6 is 0 Å². The number of hydrogen-bond acceptors (Lipinski definition) is 2. The molecule has 1 rings (SSSR count). The summed E-state index contributed by atoms with van der Waals surface area (Å²) in [6.07, 6.45) is 5.83. The Hall–Kier alpha value is -0.370. The summed E-state index contributed by atoms with van der Waals surface area (Å²) < 4.78 is 5.24. The van der Waals surface area contributed by atoms with E-state index in [0.29, 0.717) is 12.3 Å². The van der Waals surface area contributed by atoms with Gasteiger partial charge in [0.1, 0.15) is 0 Å². The zero-order chi connectivity index (χ0) is 7.23. The highest BCUT2D eigenvalue weighted by molar-refractivity contribution is 5.50. The molecule has 0 aromatic carbocycles. The van der Waals surface area contributed by atoms with Crippen molar-refractivity contribution in [2.75, 3.05) is 13.2 Å². The molecule has 1 radical (unpaired) electrons. The first kappa shape index (κ1) is 7.73. The minimum Gasteiger partial charge on any atom is -0.381 e. The van der Waals surface area contributed by atoms with Crippen LogP contribution in [0.2, 0.25) is 0 Å². The first-order valence-electron chi connectivity index (χ1n) is 3.86. The minimum absolute atomic E-state index is 0.542. The predicted octanol–water partition coefficient (Wildman–Crippen LogP) is 1.30. The van der Waals surface area contributed by atoms with Crippen molar-refractivity contribution in [2.24, 2.45) is 5.92 Å². The van der Waals surface area contributed by atoms with Crippen molar-refractivity contribution in [3.8, 4) is 0 Å². The van der Waals surface area contributed by atoms with Crippen LogP contribution in [0.4, 0.5) is 0 Å². The Labute approximate surface area is 61.6 Å². The van der Waals surface area contributed by atoms with Gasteiger partial charge in [0.2, 0.25) is 0 Å². The van der Waals surface area contributed by atoms with E-state index < -0.39 is 0 Å². The fourth-order valence-corrected chi connectivity index (χ4v) is 1.29. The van der Waals surface area contributed by atoms with Crippen molar-refractivity contribution in [1.82, 2.24) is 0 Å². The van der Waals surface area contributed by atoms with Gasteiger partial charge in [0.25, 0.3) is 0 Å². The minimum atomic E-state index is 0.542. The highest BCUT2D eigenvalue weighted by Gasteiger charge is 2.11. The maximum atomic E-state index is 10.0. The molecular formula is C8H13O2. The molecule has 1 unspecified atom stereocenters. The molecule has 0 aliphatic carbocycles. The van der Waals surface area contributed by atoms with Crippen LogP contribution in [-0.2, 0) is 9.53 Å². The second-order valence-corrected chi connectivity index (χ2v) is 2.76. The summed E-state index contributed by atoms with van der Waals surface area (Å²) in [5.74, 6) is 0.542. The lowest BCUT2D eigenvalue weighted by atomic mass is 9.98. The molecule has 10 heavy (non-hydrogen) atoms. The number of hydrogen-bond donors (Lipinski definition) is 0. The second-order valence-electron chi connectivity index (χ2n) is 2.76. The van der Waals surface area contributed by atoms with Gasteiger partial charge in [-0.05, 0) is 25.2 Å². The quantitative estimate of drug-likeness (QED) is 0.579. The van der Waals surface area contributed by atoms with E-state index in [1.54, 1.807) is 0 Å². The van der Waals surface area contributed by atoms with E-state index in [1.165, 1.54) is 0 Å². The first-order valence-corrected chi connectivity index (χ1v) is 3.86. The molecule has 1 heterocycles. The van der Waals surface area contributed by atoms with E-state index in [4.69, 9.17) is 4.74 Å². The summed E-state index contributed by atoms with van der Waals surface area (Å²) in [5.41, 5.74) is 0. The van der Waals surface area contributed by atoms with Gasteiger partial charge in [-0.1, -0.05) is 0 Å². The van der Waals surface area contributed by atoms with Crippen molar-refractivity contribution < 1.29 is 9.53 Å². The lowest BCUT2D eigenvalue weighted by Crippen LogP contribution is -2.00. The van der Waals surface area contributed by atoms with Crippen LogP contribution in [0.1, 0.15) is 25.7 Å². The van der Waals surface area contributed by atoms with Crippen molar-refractivity contribution in [3.05, 3.63) is 0 Å². The highest BCUT2D eigenvalue weighted by Crippen LogP contribution is 2.17. The average molecular weight is 141 g/mol. The Bertz CT molecular complexity index is 93.4. The van der Waals surface area contributed by atoms with E-state index >= 15 is 0 Å². The van der Waals surface area contributed by atoms with Crippen molar-refractivity contribution in [2.45, 2.75) is 25.7 Å². The lowest BCUT2D eigenvalue weighted by Gasteiger charge is -2.06. The Balaban J connectivity index is 2.21. The molecule has 2 nitrogen and oxygen atoms in total. The summed E-state index contributed by atoms with van der Waals surface area (Å²) in [6.45, 7) is 1.70. The molecule has 0 spiro atoms. The average Bonchev–Trinajstić information content (AvgIpc) is 2.17. The van der Waals surface area contributed by atoms with Crippen LogP contribution in [0, 0.1) is 5.92 Å². The van der Waals surface area contributed by atoms with E-state index in [-0.39, 0.29) is 0 Å². The number of ether oxygens (including phenoxy) is 1. The molecule has 1 saturated heterocycles. The second kappa shape index (κ2) is 4.45. The van der Waals surface area contributed by atoms with Gasteiger partial charge in [0, 0.05) is 19.6 Å². The van der Waals surface area contributed by atoms with Crippen LogP contribution < -0.4 is 0 Å². The van der Waals surface area contributed by atoms with Crippen LogP contribution in [0.5, 0.6) is 0 Å². The van der Waals surface area contributed by atoms with Gasteiger partial charge in [-0.3, -0.25) is 4.79 Å². The molecule has 2 heteroatoms. The summed E-state index contributed by atoms with van der Waals surface area (Å²) in [4.78, 5) is 10.0. The van der Waals surface area contributed by atoms with Gasteiger partial charge >= 0.3 is 0 Å². The molecule has 0 bridgehead atoms. The molecule has 0 N–H and O–H groups in total. The third kappa shape index (κ3) is 2.48. The maximum absolute atomic E-state index is 10.0. The van der Waals surface area contributed by atoms with Crippen molar-refractivity contribution >= 4 is 6.29 Å². The summed E-state index contributed by atoms with van der Waals surface area (Å²) in [5, 5.41) is 0. The van der Waals surface area contributed by atoms with Gasteiger partial charge in [0.05, 0.1) is 0 Å². The fourth-order valence-electron chi connectivity index (χ4n) is 1.29. The topological polar surface area (TPSA) is 26.3 Å². The van der Waals surface area contributed by atoms with Crippen LogP contribution in [0.25, 0.3) is 0 Å². The third-order valence-electron chi connectivity index (χ3n) is 1.94. The fraction of sp³-hybridized carbons (Fsp3) is 0.875. The normalized spacial score (nSPS) is 27.4. The van der Waals surface area contributed by atoms with Gasteiger partial charge in [0.15, 0.2) is 6.29 Å². The van der Waals surface area contributed by atoms with Crippen LogP contribution in [0.3, 0.4) is 0 Å². The molecule has 1 aliphatic rings. The van der Waals surface area contributed by atoms with E-state index in [2.05, 4.69) is 0 Å². The molecule has 1 aliphatic heterocycles. The smallest absolute Gasteiger partial charge is 0.198 e. The van der Waals surface area contributed by atoms with Gasteiger partial charge < -0.3 is 4.74 Å². The monoisotopic (exact) mass is 141 g/mol. The molecule has 1 atom stereocenters. The maximum Gasteiger partial charge on any atom is 0.198 e. The highest BCUT2D eigenvalue weighted by atomic mass is 16.5. The Morgan fingerprint density at radius 2 is 2.30 bits per heavy atom. The molecule has 0 saturated carbocycles. The standard InChI is InChI=1S/C8H13O2/c9-5-3-8-2-1-6-10-7-4-8/h8H,1-4,6-7H2. The Morgan fingerprint density at radius 1 is 1.40 bits per heavy atom. The Kier molecular flexibility index (Phi) is 3.44. The number of carbonyl (C=O) groups excluding carboxylic acids is 1. The molecular weight excluding hydrogens is 128 g/mol. The SMILES string of the molecule is O=[C]CC1CCCOCC1. The summed E-state index contributed by atoms with van der Waals surface area (Å²) in [6, 6.07) is 0. The van der Waals surface area contributed by atoms with Crippen LogP contribution in [-0.4, -0.2) is 19.5 Å². The number of rotatable bonds is 2. The predicted molar refractivity (Wildman–Crippen MR) is 38.5 cm³/mol. The van der Waals surface area contributed by atoms with E-state index in [1.807, 2.05) is 6.29 Å². The molecule has 0 aromatic rings. The van der Waals surface area contributed by atoms with E-state index in [9.17, 15) is 4.79 Å². The summed E-state index contributed by atoms with van der Waals surface area (Å²) >= 11 is 0. The van der Waals surface area contributed by atoms with Crippen molar-refractivity contribution in [1.29, 1.82) is 0 Å². The first-order chi connectivity index (χ1) is 4.93. The van der Waals surface area contributed by atoms with Gasteiger partial charge in [-0.25, -0.2) is 0 Å². The zero-order valence-electron chi connectivity index (χ0n) is 6.14. The van der Waals surface area contributed by atoms with Gasteiger partial charge in [-0.15, -0.1) is 0 Å². The van der Waals surface area contributed by atoms with E-state index in [0.717, 1.165) is 32.5 Å². The van der Waals surface area contributed by atoms with Gasteiger partial charge in [-0.2, -0.15) is 0 Å². The lowest BCUT2D eigenvalue weighted by molar-refractivity contribution is 0.141. The molecule has 57 valence electrons. The third-order valence-corrected chi connectivity index (χ3v) is 1.94.